The molecule has 6 N–H and O–H groups in total. The van der Waals surface area contributed by atoms with Crippen molar-refractivity contribution in [3.8, 4) is 0 Å². The number of carbonyl (C=O) groups excluding carboxylic acids is 2. The van der Waals surface area contributed by atoms with Crippen LogP contribution in [0.1, 0.15) is 200 Å². The predicted molar refractivity (Wildman–Crippen MR) is 278 cm³/mol. The summed E-state index contributed by atoms with van der Waals surface area (Å²) >= 11 is 0. The van der Waals surface area contributed by atoms with Crippen molar-refractivity contribution in [3.05, 3.63) is 85.1 Å². The fourth-order valence-electron chi connectivity index (χ4n) is 7.67. The second kappa shape index (κ2) is 46.2. The Morgan fingerprint density at radius 1 is 0.559 bits per heavy atom. The third kappa shape index (κ3) is 35.9. The largest absolute Gasteiger partial charge is 0.466 e. The van der Waals surface area contributed by atoms with Gasteiger partial charge in [-0.1, -0.05) is 170 Å². The number of aliphatic hydroxyl groups is 5. The van der Waals surface area contributed by atoms with Gasteiger partial charge in [0.2, 0.25) is 5.91 Å². The lowest BCUT2D eigenvalue weighted by molar-refractivity contribution is -0.302. The van der Waals surface area contributed by atoms with Crippen LogP contribution in [-0.4, -0.2) is 100 Å². The van der Waals surface area contributed by atoms with Crippen LogP contribution < -0.4 is 5.32 Å². The second-order valence-electron chi connectivity index (χ2n) is 18.2. The van der Waals surface area contributed by atoms with E-state index >= 15 is 0 Å². The molecule has 0 aromatic carbocycles. The zero-order valence-electron chi connectivity index (χ0n) is 42.5. The third-order valence-electron chi connectivity index (χ3n) is 12.0. The molecule has 7 atom stereocenters. The molecule has 0 aromatic rings. The van der Waals surface area contributed by atoms with Crippen molar-refractivity contribution in [2.75, 3.05) is 19.8 Å². The highest BCUT2D eigenvalue weighted by Gasteiger charge is 2.44. The van der Waals surface area contributed by atoms with Crippen LogP contribution in [0.15, 0.2) is 85.1 Å². The van der Waals surface area contributed by atoms with Crippen molar-refractivity contribution in [1.29, 1.82) is 0 Å². The molecule has 11 nitrogen and oxygen atoms in total. The van der Waals surface area contributed by atoms with E-state index in [0.29, 0.717) is 25.9 Å². The third-order valence-corrected chi connectivity index (χ3v) is 12.0. The van der Waals surface area contributed by atoms with Gasteiger partial charge < -0.3 is 45.1 Å². The Bertz CT molecular complexity index is 1400. The quantitative estimate of drug-likeness (QED) is 0.0196. The number of rotatable bonds is 44. The van der Waals surface area contributed by atoms with Crippen molar-refractivity contribution in [2.45, 2.75) is 243 Å². The fourth-order valence-corrected chi connectivity index (χ4v) is 7.67. The number of amides is 1. The predicted octanol–water partition coefficient (Wildman–Crippen LogP) is 11.4. The molecule has 7 unspecified atom stereocenters. The number of ether oxygens (including phenoxy) is 3. The van der Waals surface area contributed by atoms with E-state index in [1.165, 1.54) is 77.0 Å². The molecule has 390 valence electrons. The first-order chi connectivity index (χ1) is 33.2. The Hall–Kier alpha value is -3.16. The van der Waals surface area contributed by atoms with Gasteiger partial charge in [-0.25, -0.2) is 0 Å². The van der Waals surface area contributed by atoms with Crippen LogP contribution in [0.5, 0.6) is 0 Å². The fraction of sp³-hybridized carbons (Fsp3) is 0.719. The molecule has 1 aliphatic heterocycles. The van der Waals surface area contributed by atoms with Gasteiger partial charge in [0.25, 0.3) is 0 Å². The van der Waals surface area contributed by atoms with Gasteiger partial charge in [-0.3, -0.25) is 9.59 Å². The molecule has 11 heteroatoms. The van der Waals surface area contributed by atoms with Gasteiger partial charge in [-0.2, -0.15) is 0 Å². The standard InChI is InChI=1S/C57H97NO10/c1-3-5-7-9-11-13-15-16-17-18-19-22-25-29-33-37-41-45-53(62)66-46-42-38-34-30-26-23-20-21-24-28-32-36-40-44-52(61)58-49(48-67-57-56(65)55(64)54(63)51(47-59)68-57)50(60)43-39-35-31-27-14-12-10-8-6-4-2/h6,8,11,13-14,16-17,21,24,27,32,36,39,43,49-51,54-57,59-60,63-65H,3-5,7,9-10,12,15,18-20,22-23,25-26,28-31,33-35,37-38,40-42,44-48H2,1-2H3,(H,58,61)/b8-6+,13-11-,17-16-,24-21-,27-14+,36-32-,43-39+. The molecule has 0 radical (unpaired) electrons. The maximum atomic E-state index is 12.9. The number of esters is 1. The van der Waals surface area contributed by atoms with Gasteiger partial charge in [0, 0.05) is 12.8 Å². The zero-order chi connectivity index (χ0) is 49.6. The highest BCUT2D eigenvalue weighted by atomic mass is 16.7. The Balaban J connectivity index is 2.17. The normalized spacial score (nSPS) is 20.1. The highest BCUT2D eigenvalue weighted by Crippen LogP contribution is 2.22. The summed E-state index contributed by atoms with van der Waals surface area (Å²) in [5.74, 6) is -0.334. The average Bonchev–Trinajstić information content (AvgIpc) is 3.33. The van der Waals surface area contributed by atoms with Gasteiger partial charge in [-0.15, -0.1) is 0 Å². The van der Waals surface area contributed by atoms with E-state index in [9.17, 15) is 35.1 Å². The summed E-state index contributed by atoms with van der Waals surface area (Å²) < 4.78 is 16.6. The summed E-state index contributed by atoms with van der Waals surface area (Å²) in [6, 6.07) is -0.880. The highest BCUT2D eigenvalue weighted by molar-refractivity contribution is 5.76. The van der Waals surface area contributed by atoms with E-state index in [1.54, 1.807) is 6.08 Å². The molecule has 0 aromatic heterocycles. The SMILES string of the molecule is CC/C=C/CC/C=C/CC/C=C/C(O)C(COC1OC(CO)C(O)C(O)C1O)NC(=O)CC/C=C\C/C=C\CCCCCCCCOC(=O)CCCCCCCCC/C=C\C/C=C\CCCCC. The molecule has 1 rings (SSSR count). The molecular formula is C57H97NO10. The van der Waals surface area contributed by atoms with Crippen molar-refractivity contribution < 1.29 is 49.3 Å². The molecular weight excluding hydrogens is 859 g/mol. The molecule has 0 saturated carbocycles. The number of allylic oxidation sites excluding steroid dienone is 13. The number of carbonyl (C=O) groups is 2. The molecule has 68 heavy (non-hydrogen) atoms. The minimum absolute atomic E-state index is 0.0508. The second-order valence-corrected chi connectivity index (χ2v) is 18.2. The molecule has 1 heterocycles. The molecule has 1 aliphatic rings. The monoisotopic (exact) mass is 956 g/mol. The summed E-state index contributed by atoms with van der Waals surface area (Å²) in [6.07, 6.45) is 51.2. The Morgan fingerprint density at radius 2 is 1.06 bits per heavy atom. The number of hydrogen-bond donors (Lipinski definition) is 6. The van der Waals surface area contributed by atoms with Gasteiger partial charge >= 0.3 is 5.97 Å². The van der Waals surface area contributed by atoms with Crippen LogP contribution in [0.3, 0.4) is 0 Å². The Kier molecular flexibility index (Phi) is 42.7. The molecule has 0 bridgehead atoms. The minimum Gasteiger partial charge on any atom is -0.466 e. The molecule has 0 spiro atoms. The van der Waals surface area contributed by atoms with E-state index in [0.717, 1.165) is 83.5 Å². The van der Waals surface area contributed by atoms with Crippen molar-refractivity contribution >= 4 is 11.9 Å². The number of unbranched alkanes of at least 4 members (excludes halogenated alkanes) is 18. The van der Waals surface area contributed by atoms with Crippen LogP contribution in [-0.2, 0) is 23.8 Å². The van der Waals surface area contributed by atoms with E-state index < -0.39 is 49.5 Å². The molecule has 1 fully saturated rings. The lowest BCUT2D eigenvalue weighted by Gasteiger charge is -2.40. The van der Waals surface area contributed by atoms with Gasteiger partial charge in [0.1, 0.15) is 24.4 Å². The number of aliphatic hydroxyl groups excluding tert-OH is 5. The number of hydrogen-bond acceptors (Lipinski definition) is 10. The summed E-state index contributed by atoms with van der Waals surface area (Å²) in [5, 5.41) is 54.0. The van der Waals surface area contributed by atoms with Crippen LogP contribution in [0.4, 0.5) is 0 Å². The summed E-state index contributed by atoms with van der Waals surface area (Å²) in [4.78, 5) is 25.0. The van der Waals surface area contributed by atoms with E-state index in [-0.39, 0.29) is 24.9 Å². The molecule has 0 aliphatic carbocycles. The van der Waals surface area contributed by atoms with Crippen LogP contribution in [0.25, 0.3) is 0 Å². The zero-order valence-corrected chi connectivity index (χ0v) is 42.5. The Labute approximate surface area is 413 Å². The minimum atomic E-state index is -1.60. The van der Waals surface area contributed by atoms with Crippen molar-refractivity contribution in [2.24, 2.45) is 0 Å². The molecule has 1 saturated heterocycles. The van der Waals surface area contributed by atoms with Gasteiger partial charge in [0.15, 0.2) is 6.29 Å². The van der Waals surface area contributed by atoms with Crippen LogP contribution in [0, 0.1) is 0 Å². The first-order valence-corrected chi connectivity index (χ1v) is 26.9. The lowest BCUT2D eigenvalue weighted by Crippen LogP contribution is -2.60. The number of nitrogens with one attached hydrogen (secondary N) is 1. The maximum Gasteiger partial charge on any atom is 0.305 e. The maximum absolute atomic E-state index is 12.9. The van der Waals surface area contributed by atoms with Gasteiger partial charge in [-0.05, 0) is 103 Å². The topological polar surface area (TPSA) is 175 Å². The van der Waals surface area contributed by atoms with Crippen LogP contribution >= 0.6 is 0 Å². The first-order valence-electron chi connectivity index (χ1n) is 26.9. The summed E-state index contributed by atoms with van der Waals surface area (Å²) in [6.45, 7) is 4.05. The van der Waals surface area contributed by atoms with Crippen molar-refractivity contribution in [3.63, 3.8) is 0 Å². The van der Waals surface area contributed by atoms with E-state index in [2.05, 4.69) is 79.9 Å². The summed E-state index contributed by atoms with van der Waals surface area (Å²) in [7, 11) is 0. The average molecular weight is 956 g/mol. The van der Waals surface area contributed by atoms with Gasteiger partial charge in [0.05, 0.1) is 32.0 Å². The smallest absolute Gasteiger partial charge is 0.305 e. The Morgan fingerprint density at radius 3 is 1.63 bits per heavy atom. The molecule has 1 amide bonds. The van der Waals surface area contributed by atoms with E-state index in [1.807, 2.05) is 18.2 Å². The lowest BCUT2D eigenvalue weighted by atomic mass is 9.99. The van der Waals surface area contributed by atoms with E-state index in [4.69, 9.17) is 14.2 Å². The van der Waals surface area contributed by atoms with Crippen molar-refractivity contribution in [1.82, 2.24) is 5.32 Å². The first kappa shape index (κ1) is 62.9. The summed E-state index contributed by atoms with van der Waals surface area (Å²) in [5.41, 5.74) is 0. The van der Waals surface area contributed by atoms with Crippen LogP contribution in [0.2, 0.25) is 0 Å².